The van der Waals surface area contributed by atoms with Gasteiger partial charge < -0.3 is 10.6 Å². The number of aromatic nitrogens is 2. The van der Waals surface area contributed by atoms with Gasteiger partial charge >= 0.3 is 0 Å². The fourth-order valence-corrected chi connectivity index (χ4v) is 3.24. The van der Waals surface area contributed by atoms with Crippen molar-refractivity contribution in [2.75, 3.05) is 10.6 Å². The summed E-state index contributed by atoms with van der Waals surface area (Å²) in [6.07, 6.45) is 1.71. The summed E-state index contributed by atoms with van der Waals surface area (Å²) >= 11 is 29.7. The third-order valence-corrected chi connectivity index (χ3v) is 5.33. The molecule has 1 aromatic heterocycles. The van der Waals surface area contributed by atoms with E-state index in [4.69, 9.17) is 58.6 Å². The van der Waals surface area contributed by atoms with E-state index in [9.17, 15) is 0 Å². The topological polar surface area (TPSA) is 41.9 Å². The molecule has 0 aliphatic heterocycles. The molecule has 0 aliphatic rings. The first kappa shape index (κ1) is 20.2. The number of hydrogen-bond acceptors (Lipinski definition) is 2. The first-order valence-corrected chi connectivity index (χ1v) is 9.75. The summed E-state index contributed by atoms with van der Waals surface area (Å²) in [5, 5.41) is 12.9. The van der Waals surface area contributed by atoms with Crippen LogP contribution < -0.4 is 10.6 Å². The van der Waals surface area contributed by atoms with Crippen molar-refractivity contribution in [3.05, 3.63) is 73.8 Å². The van der Waals surface area contributed by atoms with Crippen LogP contribution in [0.2, 0.25) is 20.1 Å². The summed E-state index contributed by atoms with van der Waals surface area (Å²) in [4.78, 5) is 0. The number of thiocarbonyl (C=S) groups is 1. The van der Waals surface area contributed by atoms with E-state index in [1.807, 2.05) is 25.1 Å². The molecule has 0 bridgehead atoms. The van der Waals surface area contributed by atoms with Crippen molar-refractivity contribution in [3.8, 4) is 0 Å². The van der Waals surface area contributed by atoms with Crippen LogP contribution in [0.4, 0.5) is 11.5 Å². The van der Waals surface area contributed by atoms with E-state index < -0.39 is 0 Å². The van der Waals surface area contributed by atoms with Gasteiger partial charge in [0, 0.05) is 16.9 Å². The monoisotopic (exact) mass is 458 g/mol. The van der Waals surface area contributed by atoms with Crippen LogP contribution in [0.5, 0.6) is 0 Å². The number of hydrogen-bond donors (Lipinski definition) is 2. The second kappa shape index (κ2) is 8.67. The van der Waals surface area contributed by atoms with E-state index in [-0.39, 0.29) is 0 Å². The van der Waals surface area contributed by atoms with Crippen LogP contribution in [0.15, 0.2) is 42.6 Å². The Morgan fingerprint density at radius 1 is 0.963 bits per heavy atom. The number of rotatable bonds is 4. The standard InChI is InChI=1S/C18H14Cl4N4S/c1-10-2-4-12(7-14(10)20)23-18(27)24-17-16(22)9-26(25-17)8-11-3-5-13(19)15(21)6-11/h2-7,9H,8H2,1H3,(H2,23,24,25,27). The molecule has 0 amide bonds. The van der Waals surface area contributed by atoms with Gasteiger partial charge in [0.1, 0.15) is 5.02 Å². The van der Waals surface area contributed by atoms with Crippen LogP contribution in [-0.2, 0) is 6.54 Å². The summed E-state index contributed by atoms with van der Waals surface area (Å²) in [7, 11) is 0. The predicted molar refractivity (Wildman–Crippen MR) is 119 cm³/mol. The Labute approximate surface area is 182 Å². The molecule has 3 aromatic rings. The maximum atomic E-state index is 6.26. The fraction of sp³-hybridized carbons (Fsp3) is 0.111. The SMILES string of the molecule is Cc1ccc(NC(=S)Nc2nn(Cc3ccc(Cl)c(Cl)c3)cc2Cl)cc1Cl. The quantitative estimate of drug-likeness (QED) is 0.428. The highest BCUT2D eigenvalue weighted by Gasteiger charge is 2.10. The zero-order valence-corrected chi connectivity index (χ0v) is 17.9. The van der Waals surface area contributed by atoms with Crippen molar-refractivity contribution < 1.29 is 0 Å². The van der Waals surface area contributed by atoms with Gasteiger partial charge in [-0.2, -0.15) is 5.10 Å². The average molecular weight is 460 g/mol. The molecule has 2 N–H and O–H groups in total. The summed E-state index contributed by atoms with van der Waals surface area (Å²) in [5.74, 6) is 0.451. The Balaban J connectivity index is 1.67. The number of anilines is 2. The highest BCUT2D eigenvalue weighted by atomic mass is 35.5. The zero-order chi connectivity index (χ0) is 19.6. The largest absolute Gasteiger partial charge is 0.332 e. The molecule has 2 aromatic carbocycles. The molecule has 140 valence electrons. The van der Waals surface area contributed by atoms with Crippen molar-refractivity contribution in [3.63, 3.8) is 0 Å². The normalized spacial score (nSPS) is 10.7. The minimum atomic E-state index is 0.358. The lowest BCUT2D eigenvalue weighted by Gasteiger charge is -2.10. The van der Waals surface area contributed by atoms with Crippen LogP contribution in [0, 0.1) is 6.92 Å². The highest BCUT2D eigenvalue weighted by molar-refractivity contribution is 7.80. The maximum absolute atomic E-state index is 6.26. The molecule has 0 saturated carbocycles. The molecule has 27 heavy (non-hydrogen) atoms. The van der Waals surface area contributed by atoms with Crippen molar-refractivity contribution in [1.29, 1.82) is 0 Å². The molecular weight excluding hydrogens is 446 g/mol. The van der Waals surface area contributed by atoms with Gasteiger partial charge in [0.05, 0.1) is 16.6 Å². The third kappa shape index (κ3) is 5.27. The molecule has 1 heterocycles. The number of nitrogens with one attached hydrogen (secondary N) is 2. The van der Waals surface area contributed by atoms with Crippen molar-refractivity contribution >= 4 is 75.2 Å². The Kier molecular flexibility index (Phi) is 6.50. The maximum Gasteiger partial charge on any atom is 0.176 e. The number of aryl methyl sites for hydroxylation is 1. The number of halogens is 4. The lowest BCUT2D eigenvalue weighted by Crippen LogP contribution is -2.19. The van der Waals surface area contributed by atoms with E-state index in [1.165, 1.54) is 0 Å². The second-order valence-electron chi connectivity index (χ2n) is 5.81. The molecule has 0 radical (unpaired) electrons. The molecular formula is C18H14Cl4N4S. The van der Waals surface area contributed by atoms with E-state index in [0.29, 0.717) is 37.6 Å². The molecule has 9 heteroatoms. The van der Waals surface area contributed by atoms with Crippen LogP contribution in [0.25, 0.3) is 0 Å². The fourth-order valence-electron chi connectivity index (χ4n) is 2.33. The summed E-state index contributed by atoms with van der Waals surface area (Å²) in [6.45, 7) is 2.43. The van der Waals surface area contributed by atoms with Gasteiger partial charge in [-0.15, -0.1) is 0 Å². The first-order chi connectivity index (χ1) is 12.8. The van der Waals surface area contributed by atoms with E-state index in [2.05, 4.69) is 15.7 Å². The molecule has 0 spiro atoms. The van der Waals surface area contributed by atoms with E-state index >= 15 is 0 Å². The van der Waals surface area contributed by atoms with Crippen LogP contribution in [0.3, 0.4) is 0 Å². The third-order valence-electron chi connectivity index (χ3n) is 3.71. The smallest absolute Gasteiger partial charge is 0.176 e. The van der Waals surface area contributed by atoms with E-state index in [0.717, 1.165) is 16.8 Å². The van der Waals surface area contributed by atoms with Gasteiger partial charge in [0.15, 0.2) is 10.9 Å². The summed E-state index contributed by atoms with van der Waals surface area (Å²) in [5.41, 5.74) is 2.71. The molecule has 0 fully saturated rings. The minimum absolute atomic E-state index is 0.358. The van der Waals surface area contributed by atoms with Gasteiger partial charge in [-0.1, -0.05) is 58.5 Å². The van der Waals surface area contributed by atoms with Crippen LogP contribution >= 0.6 is 58.6 Å². The summed E-state index contributed by atoms with van der Waals surface area (Å²) < 4.78 is 1.69. The lowest BCUT2D eigenvalue weighted by molar-refractivity contribution is 0.690. The van der Waals surface area contributed by atoms with E-state index in [1.54, 1.807) is 29.1 Å². The van der Waals surface area contributed by atoms with Gasteiger partial charge in [0.2, 0.25) is 0 Å². The number of nitrogens with zero attached hydrogens (tertiary/aromatic N) is 2. The Morgan fingerprint density at radius 3 is 2.44 bits per heavy atom. The van der Waals surface area contributed by atoms with Crippen molar-refractivity contribution in [1.82, 2.24) is 9.78 Å². The Bertz CT molecular complexity index is 1000. The average Bonchev–Trinajstić information content (AvgIpc) is 2.93. The molecule has 0 unspecified atom stereocenters. The number of benzene rings is 2. The van der Waals surface area contributed by atoms with Crippen molar-refractivity contribution in [2.24, 2.45) is 0 Å². The lowest BCUT2D eigenvalue weighted by atomic mass is 10.2. The highest BCUT2D eigenvalue weighted by Crippen LogP contribution is 2.25. The Hall–Kier alpha value is -1.50. The molecule has 0 atom stereocenters. The van der Waals surface area contributed by atoms with Gasteiger partial charge in [-0.05, 0) is 54.5 Å². The molecule has 0 saturated heterocycles. The predicted octanol–water partition coefficient (Wildman–Crippen LogP) is 6.66. The van der Waals surface area contributed by atoms with Crippen LogP contribution in [0.1, 0.15) is 11.1 Å². The first-order valence-electron chi connectivity index (χ1n) is 7.83. The minimum Gasteiger partial charge on any atom is -0.332 e. The van der Waals surface area contributed by atoms with Crippen molar-refractivity contribution in [2.45, 2.75) is 13.5 Å². The molecule has 3 rings (SSSR count). The summed E-state index contributed by atoms with van der Waals surface area (Å²) in [6, 6.07) is 11.0. The Morgan fingerprint density at radius 2 is 1.74 bits per heavy atom. The molecule has 4 nitrogen and oxygen atoms in total. The van der Waals surface area contributed by atoms with Gasteiger partial charge in [-0.3, -0.25) is 4.68 Å². The van der Waals surface area contributed by atoms with Gasteiger partial charge in [-0.25, -0.2) is 0 Å². The zero-order valence-electron chi connectivity index (χ0n) is 14.1. The second-order valence-corrected chi connectivity index (χ2v) is 7.85. The van der Waals surface area contributed by atoms with Crippen LogP contribution in [-0.4, -0.2) is 14.9 Å². The van der Waals surface area contributed by atoms with Gasteiger partial charge in [0.25, 0.3) is 0 Å². The molecule has 0 aliphatic carbocycles.